The van der Waals surface area contributed by atoms with Gasteiger partial charge < -0.3 is 4.74 Å². The summed E-state index contributed by atoms with van der Waals surface area (Å²) in [6.45, 7) is 4.72. The molecule has 144 valence electrons. The molecule has 0 N–H and O–H groups in total. The Bertz CT molecular complexity index is 308. The highest BCUT2D eigenvalue weighted by Crippen LogP contribution is 2.15. The average molecular weight is 363 g/mol. The van der Waals surface area contributed by atoms with Gasteiger partial charge in [0.05, 0.1) is 20.6 Å². The van der Waals surface area contributed by atoms with Crippen molar-refractivity contribution < 1.29 is 14.0 Å². The van der Waals surface area contributed by atoms with Gasteiger partial charge >= 0.3 is 5.97 Å². The number of halogens is 1. The highest BCUT2D eigenvalue weighted by molar-refractivity contribution is 6.18. The molecular weight excluding hydrogens is 322 g/mol. The highest BCUT2D eigenvalue weighted by atomic mass is 35.5. The second-order valence-electron chi connectivity index (χ2n) is 7.61. The van der Waals surface area contributed by atoms with Crippen LogP contribution >= 0.6 is 11.6 Å². The first-order valence-electron chi connectivity index (χ1n) is 10.00. The number of carbonyl (C=O) groups excluding carboxylic acids is 1. The standard InChI is InChI=1S/C20H41ClNO2/c1-5-6-7-8-9-10-11-12-13-14-15-16-17-22(3,4)20(18-21)24-19(2)23/h20H,5-18H2,1-4H3/q+1. The van der Waals surface area contributed by atoms with Gasteiger partial charge in [0.1, 0.15) is 5.88 Å². The fourth-order valence-electron chi connectivity index (χ4n) is 3.06. The Morgan fingerprint density at radius 2 is 1.29 bits per heavy atom. The SMILES string of the molecule is CCCCCCCCCCCCCC[N+](C)(C)C(CCl)OC(C)=O. The number of ether oxygens (including phenoxy) is 1. The summed E-state index contributed by atoms with van der Waals surface area (Å²) in [5, 5.41) is 0. The monoisotopic (exact) mass is 362 g/mol. The van der Waals surface area contributed by atoms with Crippen LogP contribution in [0.25, 0.3) is 0 Å². The van der Waals surface area contributed by atoms with Crippen LogP contribution in [0.15, 0.2) is 0 Å². The molecule has 0 aliphatic heterocycles. The van der Waals surface area contributed by atoms with Crippen LogP contribution in [-0.4, -0.2) is 43.2 Å². The molecule has 0 amide bonds. The second kappa shape index (κ2) is 15.0. The number of nitrogens with zero attached hydrogens (tertiary/aromatic N) is 1. The molecule has 24 heavy (non-hydrogen) atoms. The molecule has 0 bridgehead atoms. The van der Waals surface area contributed by atoms with E-state index in [9.17, 15) is 4.79 Å². The minimum absolute atomic E-state index is 0.239. The van der Waals surface area contributed by atoms with Crippen LogP contribution < -0.4 is 0 Å². The van der Waals surface area contributed by atoms with Crippen LogP contribution in [0.5, 0.6) is 0 Å². The van der Waals surface area contributed by atoms with E-state index in [0.29, 0.717) is 10.4 Å². The maximum Gasteiger partial charge on any atom is 0.307 e. The molecule has 0 radical (unpaired) electrons. The van der Waals surface area contributed by atoms with Crippen molar-refractivity contribution in [2.45, 2.75) is 97.1 Å². The van der Waals surface area contributed by atoms with Gasteiger partial charge in [0, 0.05) is 6.92 Å². The Labute approximate surface area is 155 Å². The molecule has 1 atom stereocenters. The number of esters is 1. The lowest BCUT2D eigenvalue weighted by Gasteiger charge is -2.35. The first-order valence-corrected chi connectivity index (χ1v) is 10.5. The number of alkyl halides is 1. The third kappa shape index (κ3) is 13.1. The van der Waals surface area contributed by atoms with Gasteiger partial charge in [-0.25, -0.2) is 0 Å². The lowest BCUT2D eigenvalue weighted by atomic mass is 10.1. The van der Waals surface area contributed by atoms with Crippen molar-refractivity contribution in [3.8, 4) is 0 Å². The van der Waals surface area contributed by atoms with Crippen LogP contribution in [-0.2, 0) is 9.53 Å². The van der Waals surface area contributed by atoms with Crippen molar-refractivity contribution in [3.05, 3.63) is 0 Å². The van der Waals surface area contributed by atoms with Crippen molar-refractivity contribution in [2.24, 2.45) is 0 Å². The fraction of sp³-hybridized carbons (Fsp3) is 0.950. The van der Waals surface area contributed by atoms with Crippen molar-refractivity contribution in [2.75, 3.05) is 26.5 Å². The molecule has 0 aliphatic rings. The van der Waals surface area contributed by atoms with E-state index in [4.69, 9.17) is 16.3 Å². The first-order chi connectivity index (χ1) is 11.4. The Morgan fingerprint density at radius 3 is 1.67 bits per heavy atom. The Hall–Kier alpha value is -0.280. The molecule has 0 saturated carbocycles. The topological polar surface area (TPSA) is 26.3 Å². The quantitative estimate of drug-likeness (QED) is 0.112. The van der Waals surface area contributed by atoms with Gasteiger partial charge in [0.15, 0.2) is 0 Å². The van der Waals surface area contributed by atoms with Crippen LogP contribution in [0.1, 0.15) is 90.9 Å². The van der Waals surface area contributed by atoms with E-state index < -0.39 is 0 Å². The summed E-state index contributed by atoms with van der Waals surface area (Å²) in [4.78, 5) is 11.1. The number of carbonyl (C=O) groups is 1. The molecule has 3 nitrogen and oxygen atoms in total. The van der Waals surface area contributed by atoms with Crippen LogP contribution in [0.3, 0.4) is 0 Å². The molecule has 0 saturated heterocycles. The second-order valence-corrected chi connectivity index (χ2v) is 7.92. The number of unbranched alkanes of at least 4 members (excludes halogenated alkanes) is 11. The molecule has 0 aromatic rings. The Balaban J connectivity index is 3.55. The molecule has 0 aromatic heterocycles. The van der Waals surface area contributed by atoms with E-state index in [0.717, 1.165) is 6.54 Å². The lowest BCUT2D eigenvalue weighted by Crippen LogP contribution is -2.52. The molecule has 0 aliphatic carbocycles. The van der Waals surface area contributed by atoms with E-state index in [1.54, 1.807) is 0 Å². The first kappa shape index (κ1) is 23.7. The summed E-state index contributed by atoms with van der Waals surface area (Å²) in [5.41, 5.74) is 0. The molecule has 4 heteroatoms. The Morgan fingerprint density at radius 1 is 0.875 bits per heavy atom. The zero-order valence-corrected chi connectivity index (χ0v) is 17.4. The average Bonchev–Trinajstić information content (AvgIpc) is 2.53. The van der Waals surface area contributed by atoms with Crippen molar-refractivity contribution >= 4 is 17.6 Å². The van der Waals surface area contributed by atoms with Gasteiger partial charge in [-0.2, -0.15) is 0 Å². The molecule has 0 spiro atoms. The highest BCUT2D eigenvalue weighted by Gasteiger charge is 2.29. The van der Waals surface area contributed by atoms with E-state index in [1.807, 2.05) is 0 Å². The predicted octanol–water partition coefficient (Wildman–Crippen LogP) is 5.89. The third-order valence-electron chi connectivity index (χ3n) is 4.80. The van der Waals surface area contributed by atoms with E-state index >= 15 is 0 Å². The largest absolute Gasteiger partial charge is 0.411 e. The minimum Gasteiger partial charge on any atom is -0.411 e. The maximum absolute atomic E-state index is 11.1. The van der Waals surface area contributed by atoms with Gasteiger partial charge in [-0.15, -0.1) is 11.6 Å². The number of hydrogen-bond acceptors (Lipinski definition) is 2. The molecule has 0 heterocycles. The van der Waals surface area contributed by atoms with Crippen molar-refractivity contribution in [1.82, 2.24) is 0 Å². The van der Waals surface area contributed by atoms with Gasteiger partial charge in [-0.1, -0.05) is 71.1 Å². The smallest absolute Gasteiger partial charge is 0.307 e. The molecule has 1 unspecified atom stereocenters. The predicted molar refractivity (Wildman–Crippen MR) is 104 cm³/mol. The van der Waals surface area contributed by atoms with Crippen molar-refractivity contribution in [3.63, 3.8) is 0 Å². The summed E-state index contributed by atoms with van der Waals surface area (Å²) in [6.07, 6.45) is 16.0. The normalized spacial score (nSPS) is 13.0. The summed E-state index contributed by atoms with van der Waals surface area (Å²) in [5.74, 6) is 0.103. The van der Waals surface area contributed by atoms with Gasteiger partial charge in [-0.3, -0.25) is 9.28 Å². The van der Waals surface area contributed by atoms with Crippen LogP contribution in [0.4, 0.5) is 0 Å². The summed E-state index contributed by atoms with van der Waals surface area (Å²) in [7, 11) is 4.18. The van der Waals surface area contributed by atoms with E-state index in [2.05, 4.69) is 21.0 Å². The number of quaternary nitrogens is 1. The Kier molecular flexibility index (Phi) is 14.8. The minimum atomic E-state index is -0.249. The van der Waals surface area contributed by atoms with Gasteiger partial charge in [-0.05, 0) is 12.8 Å². The van der Waals surface area contributed by atoms with Crippen LogP contribution in [0, 0.1) is 0 Å². The summed E-state index contributed by atoms with van der Waals surface area (Å²) < 4.78 is 5.98. The molecule has 0 aromatic carbocycles. The zero-order valence-electron chi connectivity index (χ0n) is 16.6. The van der Waals surface area contributed by atoms with E-state index in [-0.39, 0.29) is 12.2 Å². The number of rotatable bonds is 16. The van der Waals surface area contributed by atoms with Gasteiger partial charge in [0.25, 0.3) is 0 Å². The number of hydrogen-bond donors (Lipinski definition) is 0. The van der Waals surface area contributed by atoms with Crippen molar-refractivity contribution in [1.29, 1.82) is 0 Å². The maximum atomic E-state index is 11.1. The fourth-order valence-corrected chi connectivity index (χ4v) is 3.49. The summed E-state index contributed by atoms with van der Waals surface area (Å²) in [6, 6.07) is 0. The molecule has 0 rings (SSSR count). The molecule has 0 fully saturated rings. The zero-order chi connectivity index (χ0) is 18.3. The lowest BCUT2D eigenvalue weighted by molar-refractivity contribution is -0.932. The third-order valence-corrected chi connectivity index (χ3v) is 5.07. The van der Waals surface area contributed by atoms with E-state index in [1.165, 1.54) is 84.0 Å². The molecular formula is C20H41ClNO2+. The summed E-state index contributed by atoms with van der Waals surface area (Å²) >= 11 is 5.95. The van der Waals surface area contributed by atoms with Gasteiger partial charge in [0.2, 0.25) is 6.23 Å². The van der Waals surface area contributed by atoms with Crippen LogP contribution in [0.2, 0.25) is 0 Å².